The van der Waals surface area contributed by atoms with Crippen molar-refractivity contribution in [1.82, 2.24) is 0 Å². The summed E-state index contributed by atoms with van der Waals surface area (Å²) >= 11 is 0. The number of hydrogen-bond acceptors (Lipinski definition) is 4. The Morgan fingerprint density at radius 1 is 1.28 bits per heavy atom. The van der Waals surface area contributed by atoms with Gasteiger partial charge in [0.05, 0.1) is 25.9 Å². The molecule has 0 saturated heterocycles. The molecule has 1 rings (SSSR count). The van der Waals surface area contributed by atoms with Gasteiger partial charge in [-0.15, -0.1) is 0 Å². The monoisotopic (exact) mass is 252 g/mol. The van der Waals surface area contributed by atoms with Gasteiger partial charge in [-0.05, 0) is 31.0 Å². The number of carbonyl (C=O) groups is 1. The lowest BCUT2D eigenvalue weighted by atomic mass is 10.2. The lowest BCUT2D eigenvalue weighted by molar-refractivity contribution is 0.0458. The second kappa shape index (κ2) is 6.89. The number of rotatable bonds is 6. The van der Waals surface area contributed by atoms with Crippen molar-refractivity contribution in [2.24, 2.45) is 5.92 Å². The Morgan fingerprint density at radius 3 is 2.56 bits per heavy atom. The first kappa shape index (κ1) is 14.4. The van der Waals surface area contributed by atoms with Gasteiger partial charge in [0.1, 0.15) is 0 Å². The Labute approximate surface area is 108 Å². The molecule has 4 heteroatoms. The van der Waals surface area contributed by atoms with Crippen LogP contribution in [0.2, 0.25) is 0 Å². The molecule has 0 bridgehead atoms. The summed E-state index contributed by atoms with van der Waals surface area (Å²) in [6, 6.07) is 5.03. The lowest BCUT2D eigenvalue weighted by Crippen LogP contribution is -2.10. The normalized spacial score (nSPS) is 10.3. The van der Waals surface area contributed by atoms with E-state index in [0.717, 1.165) is 0 Å². The number of benzene rings is 1. The summed E-state index contributed by atoms with van der Waals surface area (Å²) in [4.78, 5) is 11.8. The lowest BCUT2D eigenvalue weighted by Gasteiger charge is -2.11. The zero-order valence-electron chi connectivity index (χ0n) is 11.4. The van der Waals surface area contributed by atoms with E-state index < -0.39 is 0 Å². The molecule has 0 fully saturated rings. The van der Waals surface area contributed by atoms with E-state index in [1.807, 2.05) is 20.8 Å². The zero-order valence-corrected chi connectivity index (χ0v) is 11.4. The molecule has 0 aliphatic rings. The third kappa shape index (κ3) is 3.95. The molecule has 0 atom stereocenters. The average molecular weight is 252 g/mol. The van der Waals surface area contributed by atoms with Gasteiger partial charge in [0.2, 0.25) is 0 Å². The highest BCUT2D eigenvalue weighted by Crippen LogP contribution is 2.28. The van der Waals surface area contributed by atoms with Crippen LogP contribution in [0.4, 0.5) is 0 Å². The van der Waals surface area contributed by atoms with Crippen LogP contribution in [0, 0.1) is 5.92 Å². The molecule has 1 aromatic carbocycles. The highest BCUT2D eigenvalue weighted by atomic mass is 16.5. The maximum atomic E-state index is 11.8. The summed E-state index contributed by atoms with van der Waals surface area (Å²) < 4.78 is 15.7. The Balaban J connectivity index is 2.81. The molecule has 0 amide bonds. The molecule has 100 valence electrons. The fraction of sp³-hybridized carbons (Fsp3) is 0.500. The summed E-state index contributed by atoms with van der Waals surface area (Å²) in [5.74, 6) is 1.14. The molecule has 0 aliphatic heterocycles. The van der Waals surface area contributed by atoms with Crippen molar-refractivity contribution >= 4 is 5.97 Å². The second-order valence-corrected chi connectivity index (χ2v) is 4.29. The van der Waals surface area contributed by atoms with Gasteiger partial charge < -0.3 is 14.2 Å². The number of methoxy groups -OCH3 is 1. The number of esters is 1. The van der Waals surface area contributed by atoms with Gasteiger partial charge in [0.15, 0.2) is 11.5 Å². The van der Waals surface area contributed by atoms with Crippen LogP contribution in [0.3, 0.4) is 0 Å². The maximum absolute atomic E-state index is 11.8. The molecule has 0 aromatic heterocycles. The van der Waals surface area contributed by atoms with Crippen molar-refractivity contribution < 1.29 is 19.0 Å². The Hall–Kier alpha value is -1.71. The summed E-state index contributed by atoms with van der Waals surface area (Å²) in [5, 5.41) is 0. The first-order valence-electron chi connectivity index (χ1n) is 6.06. The van der Waals surface area contributed by atoms with Gasteiger partial charge in [0.25, 0.3) is 0 Å². The SMILES string of the molecule is CCOc1ccc(C(=O)OCC(C)C)cc1OC. The van der Waals surface area contributed by atoms with Crippen LogP contribution >= 0.6 is 0 Å². The van der Waals surface area contributed by atoms with Gasteiger partial charge in [-0.25, -0.2) is 4.79 Å². The minimum absolute atomic E-state index is 0.318. The zero-order chi connectivity index (χ0) is 13.5. The van der Waals surface area contributed by atoms with Gasteiger partial charge in [0, 0.05) is 0 Å². The fourth-order valence-corrected chi connectivity index (χ4v) is 1.39. The third-order valence-electron chi connectivity index (χ3n) is 2.25. The first-order chi connectivity index (χ1) is 8.58. The molecular formula is C14H20O4. The highest BCUT2D eigenvalue weighted by molar-refractivity contribution is 5.90. The number of carbonyl (C=O) groups excluding carboxylic acids is 1. The van der Waals surface area contributed by atoms with Crippen LogP contribution in [-0.4, -0.2) is 26.3 Å². The average Bonchev–Trinajstić information content (AvgIpc) is 2.36. The van der Waals surface area contributed by atoms with Crippen molar-refractivity contribution in [2.75, 3.05) is 20.3 Å². The van der Waals surface area contributed by atoms with Gasteiger partial charge in [-0.1, -0.05) is 13.8 Å². The molecule has 0 aliphatic carbocycles. The van der Waals surface area contributed by atoms with Crippen LogP contribution in [0.5, 0.6) is 11.5 Å². The van der Waals surface area contributed by atoms with Crippen LogP contribution in [-0.2, 0) is 4.74 Å². The van der Waals surface area contributed by atoms with Crippen molar-refractivity contribution in [3.8, 4) is 11.5 Å². The third-order valence-corrected chi connectivity index (χ3v) is 2.25. The van der Waals surface area contributed by atoms with Gasteiger partial charge in [-0.2, -0.15) is 0 Å². The summed E-state index contributed by atoms with van der Waals surface area (Å²) in [5.41, 5.74) is 0.468. The van der Waals surface area contributed by atoms with Crippen LogP contribution in [0.25, 0.3) is 0 Å². The highest BCUT2D eigenvalue weighted by Gasteiger charge is 2.12. The van der Waals surface area contributed by atoms with Crippen LogP contribution in [0.15, 0.2) is 18.2 Å². The van der Waals surface area contributed by atoms with E-state index in [1.165, 1.54) is 0 Å². The van der Waals surface area contributed by atoms with Crippen molar-refractivity contribution in [3.05, 3.63) is 23.8 Å². The van der Waals surface area contributed by atoms with E-state index in [2.05, 4.69) is 0 Å². The summed E-state index contributed by atoms with van der Waals surface area (Å²) in [6.07, 6.45) is 0. The first-order valence-corrected chi connectivity index (χ1v) is 6.06. The van der Waals surface area contributed by atoms with E-state index in [0.29, 0.717) is 36.2 Å². The minimum atomic E-state index is -0.343. The molecule has 1 aromatic rings. The molecule has 0 heterocycles. The molecule has 0 saturated carbocycles. The number of hydrogen-bond donors (Lipinski definition) is 0. The van der Waals surface area contributed by atoms with Gasteiger partial charge >= 0.3 is 5.97 Å². The molecule has 4 nitrogen and oxygen atoms in total. The summed E-state index contributed by atoms with van der Waals surface area (Å²) in [7, 11) is 1.54. The molecule has 0 radical (unpaired) electrons. The van der Waals surface area contributed by atoms with Crippen LogP contribution in [0.1, 0.15) is 31.1 Å². The van der Waals surface area contributed by atoms with Gasteiger partial charge in [-0.3, -0.25) is 0 Å². The van der Waals surface area contributed by atoms with Crippen molar-refractivity contribution in [2.45, 2.75) is 20.8 Å². The minimum Gasteiger partial charge on any atom is -0.493 e. The van der Waals surface area contributed by atoms with E-state index in [1.54, 1.807) is 25.3 Å². The molecule has 0 N–H and O–H groups in total. The van der Waals surface area contributed by atoms with Crippen molar-refractivity contribution in [3.63, 3.8) is 0 Å². The molecule has 0 unspecified atom stereocenters. The maximum Gasteiger partial charge on any atom is 0.338 e. The topological polar surface area (TPSA) is 44.8 Å². The van der Waals surface area contributed by atoms with E-state index in [9.17, 15) is 4.79 Å². The van der Waals surface area contributed by atoms with E-state index in [4.69, 9.17) is 14.2 Å². The predicted molar refractivity (Wildman–Crippen MR) is 69.3 cm³/mol. The molecule has 18 heavy (non-hydrogen) atoms. The van der Waals surface area contributed by atoms with E-state index >= 15 is 0 Å². The molecular weight excluding hydrogens is 232 g/mol. The van der Waals surface area contributed by atoms with Crippen LogP contribution < -0.4 is 9.47 Å². The second-order valence-electron chi connectivity index (χ2n) is 4.29. The van der Waals surface area contributed by atoms with Crippen molar-refractivity contribution in [1.29, 1.82) is 0 Å². The Morgan fingerprint density at radius 2 is 2.00 bits per heavy atom. The Bertz CT molecular complexity index is 399. The summed E-state index contributed by atoms with van der Waals surface area (Å²) in [6.45, 7) is 6.84. The smallest absolute Gasteiger partial charge is 0.338 e. The van der Waals surface area contributed by atoms with E-state index in [-0.39, 0.29) is 5.97 Å². The predicted octanol–water partition coefficient (Wildman–Crippen LogP) is 2.91. The largest absolute Gasteiger partial charge is 0.493 e. The fourth-order valence-electron chi connectivity index (χ4n) is 1.39. The molecule has 0 spiro atoms. The standard InChI is InChI=1S/C14H20O4/c1-5-17-12-7-6-11(8-13(12)16-4)14(15)18-9-10(2)3/h6-8,10H,5,9H2,1-4H3. The quantitative estimate of drug-likeness (QED) is 0.730. The number of ether oxygens (including phenoxy) is 3. The Kier molecular flexibility index (Phi) is 5.49.